The molecule has 0 fully saturated rings. The van der Waals surface area contributed by atoms with Gasteiger partial charge in [-0.05, 0) is 44.5 Å². The number of amides is 1. The number of hydrogen-bond donors (Lipinski definition) is 2. The van der Waals surface area contributed by atoms with Gasteiger partial charge >= 0.3 is 0 Å². The highest BCUT2D eigenvalue weighted by Gasteiger charge is 2.11. The summed E-state index contributed by atoms with van der Waals surface area (Å²) in [7, 11) is -3.70. The number of anilines is 1. The van der Waals surface area contributed by atoms with Crippen molar-refractivity contribution in [1.29, 1.82) is 0 Å². The molecular formula is C13H18N2O3S. The van der Waals surface area contributed by atoms with Crippen LogP contribution in [-0.2, 0) is 14.8 Å². The normalized spacial score (nSPS) is 10.9. The molecule has 0 saturated heterocycles. The highest BCUT2D eigenvalue weighted by Crippen LogP contribution is 2.15. The first-order chi connectivity index (χ1) is 8.75. The van der Waals surface area contributed by atoms with Crippen molar-refractivity contribution in [3.8, 4) is 0 Å². The van der Waals surface area contributed by atoms with E-state index in [1.54, 1.807) is 0 Å². The van der Waals surface area contributed by atoms with E-state index < -0.39 is 10.0 Å². The van der Waals surface area contributed by atoms with Gasteiger partial charge in [0.2, 0.25) is 10.0 Å². The summed E-state index contributed by atoms with van der Waals surface area (Å²) in [6, 6.07) is 5.74. The van der Waals surface area contributed by atoms with Gasteiger partial charge in [0.05, 0.1) is 4.90 Å². The predicted molar refractivity (Wildman–Crippen MR) is 75.1 cm³/mol. The Labute approximate surface area is 113 Å². The average molecular weight is 282 g/mol. The van der Waals surface area contributed by atoms with E-state index in [2.05, 4.69) is 5.32 Å². The number of nitrogens with one attached hydrogen (secondary N) is 1. The molecule has 0 aliphatic heterocycles. The highest BCUT2D eigenvalue weighted by molar-refractivity contribution is 7.89. The van der Waals surface area contributed by atoms with E-state index in [4.69, 9.17) is 5.14 Å². The summed E-state index contributed by atoms with van der Waals surface area (Å²) in [6.07, 6.45) is 0.642. The number of primary sulfonamides is 1. The van der Waals surface area contributed by atoms with Crippen LogP contribution in [0, 0.1) is 0 Å². The first kappa shape index (κ1) is 15.4. The Morgan fingerprint density at radius 1 is 1.21 bits per heavy atom. The zero-order chi connectivity index (χ0) is 14.6. The second-order valence-corrected chi connectivity index (χ2v) is 5.92. The molecule has 1 aromatic rings. The predicted octanol–water partition coefficient (Wildman–Crippen LogP) is 2.02. The lowest BCUT2D eigenvalue weighted by molar-refractivity contribution is -0.113. The third kappa shape index (κ3) is 4.18. The summed E-state index contributed by atoms with van der Waals surface area (Å²) in [5, 5.41) is 7.72. The summed E-state index contributed by atoms with van der Waals surface area (Å²) in [5.41, 5.74) is 2.21. The largest absolute Gasteiger partial charge is 0.322 e. The van der Waals surface area contributed by atoms with Crippen LogP contribution in [0.15, 0.2) is 40.3 Å². The van der Waals surface area contributed by atoms with Crippen LogP contribution in [0.3, 0.4) is 0 Å². The zero-order valence-electron chi connectivity index (χ0n) is 11.2. The summed E-state index contributed by atoms with van der Waals surface area (Å²) < 4.78 is 22.2. The Kier molecular flexibility index (Phi) is 4.85. The Morgan fingerprint density at radius 3 is 2.11 bits per heavy atom. The Hall–Kier alpha value is -1.66. The Morgan fingerprint density at radius 2 is 1.74 bits per heavy atom. The van der Waals surface area contributed by atoms with Gasteiger partial charge in [-0.2, -0.15) is 0 Å². The van der Waals surface area contributed by atoms with Crippen molar-refractivity contribution in [2.75, 3.05) is 5.32 Å². The minimum Gasteiger partial charge on any atom is -0.322 e. The van der Waals surface area contributed by atoms with Crippen LogP contribution in [0.5, 0.6) is 0 Å². The van der Waals surface area contributed by atoms with Crippen LogP contribution < -0.4 is 10.5 Å². The van der Waals surface area contributed by atoms with E-state index in [0.717, 1.165) is 11.1 Å². The molecule has 0 unspecified atom stereocenters. The van der Waals surface area contributed by atoms with Crippen molar-refractivity contribution in [1.82, 2.24) is 0 Å². The molecule has 1 aromatic carbocycles. The van der Waals surface area contributed by atoms with E-state index in [1.807, 2.05) is 20.8 Å². The third-order valence-corrected chi connectivity index (χ3v) is 3.60. The van der Waals surface area contributed by atoms with Crippen molar-refractivity contribution >= 4 is 21.6 Å². The van der Waals surface area contributed by atoms with Gasteiger partial charge in [-0.25, -0.2) is 13.6 Å². The quantitative estimate of drug-likeness (QED) is 0.828. The molecule has 1 rings (SSSR count). The van der Waals surface area contributed by atoms with Crippen LogP contribution in [0.2, 0.25) is 0 Å². The maximum Gasteiger partial charge on any atom is 0.251 e. The summed E-state index contributed by atoms with van der Waals surface area (Å²) in [4.78, 5) is 12.0. The number of nitrogens with two attached hydrogens (primary N) is 1. The van der Waals surface area contributed by atoms with Crippen molar-refractivity contribution in [3.63, 3.8) is 0 Å². The molecule has 0 aromatic heterocycles. The van der Waals surface area contributed by atoms with Crippen molar-refractivity contribution < 1.29 is 13.2 Å². The number of allylic oxidation sites excluding steroid dienone is 1. The number of carbonyl (C=O) groups excluding carboxylic acids is 1. The van der Waals surface area contributed by atoms with E-state index in [1.165, 1.54) is 24.3 Å². The van der Waals surface area contributed by atoms with Gasteiger partial charge in [0, 0.05) is 11.3 Å². The molecule has 0 radical (unpaired) electrons. The van der Waals surface area contributed by atoms with Crippen LogP contribution in [-0.4, -0.2) is 14.3 Å². The summed E-state index contributed by atoms with van der Waals surface area (Å²) in [5.74, 6) is -0.175. The van der Waals surface area contributed by atoms with E-state index in [0.29, 0.717) is 12.1 Å². The van der Waals surface area contributed by atoms with Gasteiger partial charge in [0.15, 0.2) is 0 Å². The molecule has 0 aliphatic carbocycles. The first-order valence-electron chi connectivity index (χ1n) is 5.86. The third-order valence-electron chi connectivity index (χ3n) is 2.67. The smallest absolute Gasteiger partial charge is 0.251 e. The molecule has 0 atom stereocenters. The number of benzene rings is 1. The lowest BCUT2D eigenvalue weighted by Crippen LogP contribution is -2.15. The minimum atomic E-state index is -3.70. The molecule has 19 heavy (non-hydrogen) atoms. The van der Waals surface area contributed by atoms with E-state index >= 15 is 0 Å². The fourth-order valence-electron chi connectivity index (χ4n) is 1.68. The van der Waals surface area contributed by atoms with Gasteiger partial charge in [-0.3, -0.25) is 4.79 Å². The molecule has 5 nitrogen and oxygen atoms in total. The first-order valence-corrected chi connectivity index (χ1v) is 7.41. The van der Waals surface area contributed by atoms with Crippen LogP contribution in [0.1, 0.15) is 27.2 Å². The molecule has 6 heteroatoms. The van der Waals surface area contributed by atoms with Crippen molar-refractivity contribution in [2.24, 2.45) is 5.14 Å². The number of hydrogen-bond acceptors (Lipinski definition) is 3. The lowest BCUT2D eigenvalue weighted by atomic mass is 10.1. The molecular weight excluding hydrogens is 264 g/mol. The second kappa shape index (κ2) is 5.99. The maximum absolute atomic E-state index is 12.0. The Balaban J connectivity index is 2.91. The van der Waals surface area contributed by atoms with Gasteiger partial charge in [0.25, 0.3) is 5.91 Å². The molecule has 0 heterocycles. The van der Waals surface area contributed by atoms with Crippen molar-refractivity contribution in [3.05, 3.63) is 35.4 Å². The SMILES string of the molecule is CCC(C(=O)Nc1ccc(S(N)(=O)=O)cc1)=C(C)C. The van der Waals surface area contributed by atoms with Gasteiger partial charge < -0.3 is 5.32 Å². The second-order valence-electron chi connectivity index (χ2n) is 4.36. The number of sulfonamides is 1. The number of rotatable bonds is 4. The van der Waals surface area contributed by atoms with E-state index in [-0.39, 0.29) is 10.8 Å². The summed E-state index contributed by atoms with van der Waals surface area (Å²) in [6.45, 7) is 5.66. The zero-order valence-corrected chi connectivity index (χ0v) is 12.0. The molecule has 1 amide bonds. The lowest BCUT2D eigenvalue weighted by Gasteiger charge is -2.09. The fraction of sp³-hybridized carbons (Fsp3) is 0.308. The van der Waals surface area contributed by atoms with Crippen LogP contribution >= 0.6 is 0 Å². The number of carbonyl (C=O) groups is 1. The minimum absolute atomic E-state index is 0.0171. The van der Waals surface area contributed by atoms with E-state index in [9.17, 15) is 13.2 Å². The van der Waals surface area contributed by atoms with Crippen molar-refractivity contribution in [2.45, 2.75) is 32.1 Å². The monoisotopic (exact) mass is 282 g/mol. The maximum atomic E-state index is 12.0. The molecule has 0 aliphatic rings. The summed E-state index contributed by atoms with van der Waals surface area (Å²) >= 11 is 0. The highest BCUT2D eigenvalue weighted by atomic mass is 32.2. The standard InChI is InChI=1S/C13H18N2O3S/c1-4-12(9(2)3)13(16)15-10-5-7-11(8-6-10)19(14,17)18/h5-8H,4H2,1-3H3,(H,15,16)(H2,14,17,18). The van der Waals surface area contributed by atoms with Gasteiger partial charge in [-0.1, -0.05) is 12.5 Å². The molecule has 104 valence electrons. The molecule has 0 spiro atoms. The van der Waals surface area contributed by atoms with Crippen LogP contribution in [0.4, 0.5) is 5.69 Å². The van der Waals surface area contributed by atoms with Crippen LogP contribution in [0.25, 0.3) is 0 Å². The molecule has 0 saturated carbocycles. The fourth-order valence-corrected chi connectivity index (χ4v) is 2.19. The molecule has 0 bridgehead atoms. The van der Waals surface area contributed by atoms with Gasteiger partial charge in [-0.15, -0.1) is 0 Å². The molecule has 3 N–H and O–H groups in total. The average Bonchev–Trinajstić information content (AvgIpc) is 2.28. The Bertz CT molecular complexity index is 597. The topological polar surface area (TPSA) is 89.3 Å². The van der Waals surface area contributed by atoms with Gasteiger partial charge in [0.1, 0.15) is 0 Å².